The first-order chi connectivity index (χ1) is 11.9. The maximum atomic E-state index is 12.9. The molecule has 1 aliphatic rings. The summed E-state index contributed by atoms with van der Waals surface area (Å²) in [4.78, 5) is 15.9. The molecule has 0 atom stereocenters. The molecule has 1 aliphatic heterocycles. The van der Waals surface area contributed by atoms with E-state index in [-0.39, 0.29) is 12.2 Å². The average molecular weight is 357 g/mol. The van der Waals surface area contributed by atoms with E-state index in [1.807, 2.05) is 0 Å². The lowest BCUT2D eigenvalue weighted by Crippen LogP contribution is -2.48. The van der Waals surface area contributed by atoms with Gasteiger partial charge in [-0.3, -0.25) is 4.90 Å². The number of amides is 1. The lowest BCUT2D eigenvalue weighted by molar-refractivity contribution is -0.138. The van der Waals surface area contributed by atoms with Gasteiger partial charge in [0.15, 0.2) is 0 Å². The van der Waals surface area contributed by atoms with Crippen molar-refractivity contribution >= 4 is 6.09 Å². The van der Waals surface area contributed by atoms with Gasteiger partial charge in [0.2, 0.25) is 0 Å². The number of unbranched alkanes of at least 4 members (excludes halogenated alkanes) is 2. The summed E-state index contributed by atoms with van der Waals surface area (Å²) >= 11 is 0. The summed E-state index contributed by atoms with van der Waals surface area (Å²) in [6.07, 6.45) is -1.92. The second kappa shape index (κ2) is 9.08. The Morgan fingerprint density at radius 3 is 2.44 bits per heavy atom. The first-order valence-electron chi connectivity index (χ1n) is 8.50. The lowest BCUT2D eigenvalue weighted by Gasteiger charge is -2.34. The van der Waals surface area contributed by atoms with Crippen LogP contribution in [0.1, 0.15) is 30.4 Å². The van der Waals surface area contributed by atoms with E-state index in [0.717, 1.165) is 45.0 Å². The minimum absolute atomic E-state index is 0.0323. The van der Waals surface area contributed by atoms with Crippen LogP contribution in [-0.2, 0) is 17.5 Å². The van der Waals surface area contributed by atoms with E-state index in [0.29, 0.717) is 13.1 Å². The molecule has 2 rings (SSSR count). The zero-order valence-corrected chi connectivity index (χ0v) is 14.2. The van der Waals surface area contributed by atoms with Gasteiger partial charge in [-0.05, 0) is 19.0 Å². The quantitative estimate of drug-likeness (QED) is 0.723. The van der Waals surface area contributed by atoms with Gasteiger partial charge in [0, 0.05) is 31.7 Å². The predicted octanol–water partition coefficient (Wildman–Crippen LogP) is 3.96. The summed E-state index contributed by atoms with van der Waals surface area (Å²) in [6, 6.07) is 5.15. The van der Waals surface area contributed by atoms with E-state index in [2.05, 4.69) is 11.8 Å². The highest BCUT2D eigenvalue weighted by atomic mass is 19.4. The van der Waals surface area contributed by atoms with Crippen molar-refractivity contribution < 1.29 is 22.7 Å². The third kappa shape index (κ3) is 5.92. The lowest BCUT2D eigenvalue weighted by atomic mass is 10.1. The van der Waals surface area contributed by atoms with Crippen LogP contribution in [0.4, 0.5) is 18.0 Å². The zero-order chi connectivity index (χ0) is 18.3. The fraction of sp³-hybridized carbons (Fsp3) is 0.556. The fourth-order valence-corrected chi connectivity index (χ4v) is 2.82. The van der Waals surface area contributed by atoms with Gasteiger partial charge >= 0.3 is 12.3 Å². The van der Waals surface area contributed by atoms with Crippen LogP contribution in [0.2, 0.25) is 0 Å². The van der Waals surface area contributed by atoms with Crippen molar-refractivity contribution in [2.24, 2.45) is 0 Å². The van der Waals surface area contributed by atoms with E-state index in [9.17, 15) is 18.0 Å². The maximum Gasteiger partial charge on any atom is 0.416 e. The number of hydrogen-bond donors (Lipinski definition) is 0. The number of hydrogen-bond acceptors (Lipinski definition) is 3. The smallest absolute Gasteiger partial charge is 0.416 e. The molecular formula is C18H24F3N2O2. The summed E-state index contributed by atoms with van der Waals surface area (Å²) in [5.74, 6) is 0. The van der Waals surface area contributed by atoms with Gasteiger partial charge in [-0.15, -0.1) is 0 Å². The Hall–Kier alpha value is -1.76. The highest BCUT2D eigenvalue weighted by molar-refractivity contribution is 5.67. The molecule has 0 aliphatic carbocycles. The van der Waals surface area contributed by atoms with E-state index >= 15 is 0 Å². The van der Waals surface area contributed by atoms with Gasteiger partial charge in [-0.1, -0.05) is 38.0 Å². The number of rotatable bonds is 6. The normalized spacial score (nSPS) is 16.1. The monoisotopic (exact) mass is 357 g/mol. The van der Waals surface area contributed by atoms with Crippen LogP contribution in [0.5, 0.6) is 0 Å². The van der Waals surface area contributed by atoms with Crippen molar-refractivity contribution in [1.82, 2.24) is 9.80 Å². The second-order valence-corrected chi connectivity index (χ2v) is 6.10. The minimum atomic E-state index is -4.46. The highest BCUT2D eigenvalue weighted by Crippen LogP contribution is 2.32. The Morgan fingerprint density at radius 1 is 1.12 bits per heavy atom. The van der Waals surface area contributed by atoms with Crippen LogP contribution < -0.4 is 0 Å². The number of alkyl halides is 3. The number of halogens is 3. The molecule has 1 fully saturated rings. The summed E-state index contributed by atoms with van der Waals surface area (Å²) in [7, 11) is 0. The molecule has 0 bridgehead atoms. The number of nitrogens with zero attached hydrogens (tertiary/aromatic N) is 2. The molecule has 0 N–H and O–H groups in total. The number of carbonyl (C=O) groups is 1. The van der Waals surface area contributed by atoms with Crippen molar-refractivity contribution in [3.8, 4) is 0 Å². The first-order valence-corrected chi connectivity index (χ1v) is 8.50. The third-order valence-electron chi connectivity index (χ3n) is 4.28. The van der Waals surface area contributed by atoms with Crippen LogP contribution in [0.3, 0.4) is 0 Å². The largest absolute Gasteiger partial charge is 0.445 e. The van der Waals surface area contributed by atoms with Gasteiger partial charge in [0.1, 0.15) is 6.61 Å². The number of ether oxygens (including phenoxy) is 1. The second-order valence-electron chi connectivity index (χ2n) is 6.10. The van der Waals surface area contributed by atoms with Crippen molar-refractivity contribution in [1.29, 1.82) is 0 Å². The molecule has 4 nitrogen and oxygen atoms in total. The summed E-state index contributed by atoms with van der Waals surface area (Å²) in [5.41, 5.74) is -0.798. The van der Waals surface area contributed by atoms with Gasteiger partial charge in [0.05, 0.1) is 5.56 Å². The molecule has 0 aromatic heterocycles. The molecule has 139 valence electrons. The van der Waals surface area contributed by atoms with Crippen molar-refractivity contribution in [3.63, 3.8) is 0 Å². The standard InChI is InChI=1S/C18H24F3N2O2/c1-2-3-6-9-22-10-12-23(13-11-22)17(24)25-14-15-7-4-5-8-16(15)18(19,20)21/h4-5,7-8H,1-3,6,9-14H2. The molecular weight excluding hydrogens is 333 g/mol. The zero-order valence-electron chi connectivity index (χ0n) is 14.2. The highest BCUT2D eigenvalue weighted by Gasteiger charge is 2.33. The van der Waals surface area contributed by atoms with E-state index in [4.69, 9.17) is 4.74 Å². The topological polar surface area (TPSA) is 32.8 Å². The van der Waals surface area contributed by atoms with Crippen LogP contribution in [0.15, 0.2) is 24.3 Å². The molecule has 1 amide bonds. The molecule has 1 aromatic rings. The SMILES string of the molecule is [CH2]CCCCN1CCN(C(=O)OCc2ccccc2C(F)(F)F)CC1. The fourth-order valence-electron chi connectivity index (χ4n) is 2.82. The first kappa shape index (κ1) is 19.6. The van der Waals surface area contributed by atoms with Crippen LogP contribution >= 0.6 is 0 Å². The number of piperazine rings is 1. The van der Waals surface area contributed by atoms with Crippen molar-refractivity contribution in [3.05, 3.63) is 42.3 Å². The van der Waals surface area contributed by atoms with Crippen LogP contribution in [0.25, 0.3) is 0 Å². The van der Waals surface area contributed by atoms with E-state index < -0.39 is 17.8 Å². The van der Waals surface area contributed by atoms with E-state index in [1.165, 1.54) is 18.2 Å². The Kier molecular flexibility index (Phi) is 7.11. The van der Waals surface area contributed by atoms with Crippen molar-refractivity contribution in [2.75, 3.05) is 32.7 Å². The molecule has 7 heteroatoms. The van der Waals surface area contributed by atoms with Crippen LogP contribution in [-0.4, -0.2) is 48.6 Å². The van der Waals surface area contributed by atoms with Gasteiger partial charge in [0.25, 0.3) is 0 Å². The van der Waals surface area contributed by atoms with Gasteiger partial charge in [-0.25, -0.2) is 4.79 Å². The average Bonchev–Trinajstić information content (AvgIpc) is 2.60. The molecule has 25 heavy (non-hydrogen) atoms. The Bertz CT molecular complexity index is 555. The van der Waals surface area contributed by atoms with Crippen LogP contribution in [0, 0.1) is 6.92 Å². The Labute approximate surface area is 146 Å². The number of carbonyl (C=O) groups excluding carboxylic acids is 1. The molecule has 1 radical (unpaired) electrons. The number of benzene rings is 1. The Morgan fingerprint density at radius 2 is 1.80 bits per heavy atom. The predicted molar refractivity (Wildman–Crippen MR) is 88.9 cm³/mol. The van der Waals surface area contributed by atoms with Gasteiger partial charge < -0.3 is 9.64 Å². The molecule has 1 heterocycles. The summed E-state index contributed by atoms with van der Waals surface area (Å²) in [5, 5.41) is 0. The molecule has 1 saturated heterocycles. The van der Waals surface area contributed by atoms with E-state index in [1.54, 1.807) is 4.90 Å². The van der Waals surface area contributed by atoms with Crippen molar-refractivity contribution in [2.45, 2.75) is 32.0 Å². The Balaban J connectivity index is 1.80. The minimum Gasteiger partial charge on any atom is -0.445 e. The molecule has 0 saturated carbocycles. The maximum absolute atomic E-state index is 12.9. The molecule has 0 spiro atoms. The molecule has 0 unspecified atom stereocenters. The van der Waals surface area contributed by atoms with Gasteiger partial charge in [-0.2, -0.15) is 13.2 Å². The summed E-state index contributed by atoms with van der Waals surface area (Å²) < 4.78 is 43.9. The summed E-state index contributed by atoms with van der Waals surface area (Å²) in [6.45, 7) is 6.99. The molecule has 1 aromatic carbocycles. The third-order valence-corrected chi connectivity index (χ3v) is 4.28.